The Morgan fingerprint density at radius 3 is 2.42 bits per heavy atom. The molecule has 24 heavy (non-hydrogen) atoms. The first-order chi connectivity index (χ1) is 11.3. The number of hydrogen-bond acceptors (Lipinski definition) is 5. The number of rotatable bonds is 6. The smallest absolute Gasteiger partial charge is 0.255 e. The predicted octanol–water partition coefficient (Wildman–Crippen LogP) is 2.33. The number of methoxy groups -OCH3 is 2. The summed E-state index contributed by atoms with van der Waals surface area (Å²) in [5.41, 5.74) is 1.08. The van der Waals surface area contributed by atoms with Crippen LogP contribution in [0.4, 0.5) is 11.4 Å². The lowest BCUT2D eigenvalue weighted by Crippen LogP contribution is -2.14. The monoisotopic (exact) mass is 350 g/mol. The summed E-state index contributed by atoms with van der Waals surface area (Å²) in [6, 6.07) is 11.4. The maximum absolute atomic E-state index is 12.3. The van der Waals surface area contributed by atoms with E-state index < -0.39 is 10.0 Å². The number of carbonyl (C=O) groups is 1. The van der Waals surface area contributed by atoms with Crippen molar-refractivity contribution in [3.63, 3.8) is 0 Å². The Labute approximate surface area is 140 Å². The Morgan fingerprint density at radius 1 is 1.04 bits per heavy atom. The van der Waals surface area contributed by atoms with Gasteiger partial charge in [-0.2, -0.15) is 0 Å². The van der Waals surface area contributed by atoms with Crippen molar-refractivity contribution < 1.29 is 22.7 Å². The van der Waals surface area contributed by atoms with Crippen LogP contribution in [-0.2, 0) is 10.0 Å². The van der Waals surface area contributed by atoms with Crippen LogP contribution < -0.4 is 19.5 Å². The Morgan fingerprint density at radius 2 is 1.79 bits per heavy atom. The lowest BCUT2D eigenvalue weighted by atomic mass is 10.2. The molecule has 2 N–H and O–H groups in total. The second kappa shape index (κ2) is 7.22. The molecule has 0 bridgehead atoms. The van der Waals surface area contributed by atoms with E-state index in [2.05, 4.69) is 10.0 Å². The number of anilines is 2. The van der Waals surface area contributed by atoms with E-state index in [-0.39, 0.29) is 11.6 Å². The van der Waals surface area contributed by atoms with Crippen LogP contribution >= 0.6 is 0 Å². The Bertz CT molecular complexity index is 849. The lowest BCUT2D eigenvalue weighted by molar-refractivity contribution is 0.102. The van der Waals surface area contributed by atoms with Crippen LogP contribution in [0.2, 0.25) is 0 Å². The van der Waals surface area contributed by atoms with Crippen molar-refractivity contribution in [1.82, 2.24) is 0 Å². The molecule has 128 valence electrons. The molecule has 2 aromatic carbocycles. The molecule has 2 rings (SSSR count). The van der Waals surface area contributed by atoms with E-state index in [0.29, 0.717) is 22.7 Å². The Hall–Kier alpha value is -2.74. The zero-order valence-electron chi connectivity index (χ0n) is 13.5. The fourth-order valence-electron chi connectivity index (χ4n) is 2.03. The maximum atomic E-state index is 12.3. The summed E-state index contributed by atoms with van der Waals surface area (Å²) in [6.45, 7) is 0. The summed E-state index contributed by atoms with van der Waals surface area (Å²) in [5, 5.41) is 2.70. The quantitative estimate of drug-likeness (QED) is 0.834. The van der Waals surface area contributed by atoms with Gasteiger partial charge in [-0.05, 0) is 36.4 Å². The highest BCUT2D eigenvalue weighted by Crippen LogP contribution is 2.29. The third-order valence-corrected chi connectivity index (χ3v) is 3.68. The van der Waals surface area contributed by atoms with E-state index in [1.54, 1.807) is 36.4 Å². The van der Waals surface area contributed by atoms with Crippen molar-refractivity contribution >= 4 is 27.3 Å². The van der Waals surface area contributed by atoms with Crippen molar-refractivity contribution in [3.05, 3.63) is 48.0 Å². The first-order valence-corrected chi connectivity index (χ1v) is 8.83. The van der Waals surface area contributed by atoms with E-state index in [9.17, 15) is 13.2 Å². The summed E-state index contributed by atoms with van der Waals surface area (Å²) in [4.78, 5) is 12.3. The Kier molecular flexibility index (Phi) is 5.30. The van der Waals surface area contributed by atoms with Gasteiger partial charge in [0.15, 0.2) is 0 Å². The van der Waals surface area contributed by atoms with Crippen LogP contribution in [0.3, 0.4) is 0 Å². The van der Waals surface area contributed by atoms with Gasteiger partial charge in [0.25, 0.3) is 5.91 Å². The number of hydrogen-bond donors (Lipinski definition) is 2. The molecule has 8 heteroatoms. The van der Waals surface area contributed by atoms with Gasteiger partial charge < -0.3 is 14.8 Å². The molecule has 0 aliphatic heterocycles. The van der Waals surface area contributed by atoms with Gasteiger partial charge in [-0.25, -0.2) is 8.42 Å². The molecule has 7 nitrogen and oxygen atoms in total. The average Bonchev–Trinajstić information content (AvgIpc) is 2.53. The van der Waals surface area contributed by atoms with Gasteiger partial charge in [0.1, 0.15) is 11.5 Å². The van der Waals surface area contributed by atoms with Crippen LogP contribution in [0.1, 0.15) is 10.4 Å². The van der Waals surface area contributed by atoms with Gasteiger partial charge in [0.2, 0.25) is 10.0 Å². The number of sulfonamides is 1. The highest BCUT2D eigenvalue weighted by atomic mass is 32.2. The average molecular weight is 350 g/mol. The minimum Gasteiger partial charge on any atom is -0.497 e. The van der Waals surface area contributed by atoms with Crippen LogP contribution in [0.25, 0.3) is 0 Å². The lowest BCUT2D eigenvalue weighted by Gasteiger charge is -2.12. The molecule has 0 aliphatic carbocycles. The van der Waals surface area contributed by atoms with E-state index in [1.165, 1.54) is 20.3 Å². The summed E-state index contributed by atoms with van der Waals surface area (Å²) in [7, 11) is -0.530. The summed E-state index contributed by atoms with van der Waals surface area (Å²) in [6.07, 6.45) is 1.04. The van der Waals surface area contributed by atoms with Gasteiger partial charge in [0, 0.05) is 11.3 Å². The van der Waals surface area contributed by atoms with Gasteiger partial charge in [-0.15, -0.1) is 0 Å². The molecule has 2 aromatic rings. The number of amides is 1. The zero-order valence-corrected chi connectivity index (χ0v) is 14.3. The van der Waals surface area contributed by atoms with Crippen molar-refractivity contribution in [2.75, 3.05) is 30.5 Å². The van der Waals surface area contributed by atoms with Crippen molar-refractivity contribution in [2.45, 2.75) is 0 Å². The SMILES string of the molecule is COc1cccc(C(=O)Nc2ccc(OC)c(NS(C)(=O)=O)c2)c1. The molecule has 0 spiro atoms. The zero-order chi connectivity index (χ0) is 17.7. The Balaban J connectivity index is 2.25. The van der Waals surface area contributed by atoms with E-state index in [1.807, 2.05) is 0 Å². The van der Waals surface area contributed by atoms with Gasteiger partial charge in [-0.1, -0.05) is 6.07 Å². The number of ether oxygens (including phenoxy) is 2. The molecule has 0 saturated heterocycles. The van der Waals surface area contributed by atoms with Crippen LogP contribution in [0.15, 0.2) is 42.5 Å². The van der Waals surface area contributed by atoms with E-state index in [0.717, 1.165) is 6.26 Å². The molecular weight excluding hydrogens is 332 g/mol. The third kappa shape index (κ3) is 4.63. The van der Waals surface area contributed by atoms with Crippen molar-refractivity contribution in [2.24, 2.45) is 0 Å². The van der Waals surface area contributed by atoms with E-state index in [4.69, 9.17) is 9.47 Å². The van der Waals surface area contributed by atoms with Gasteiger partial charge in [0.05, 0.1) is 26.2 Å². The molecule has 0 fully saturated rings. The van der Waals surface area contributed by atoms with Crippen molar-refractivity contribution in [3.8, 4) is 11.5 Å². The molecule has 0 atom stereocenters. The van der Waals surface area contributed by atoms with Crippen LogP contribution in [0.5, 0.6) is 11.5 Å². The first-order valence-electron chi connectivity index (χ1n) is 6.93. The van der Waals surface area contributed by atoms with Gasteiger partial charge in [-0.3, -0.25) is 9.52 Å². The highest BCUT2D eigenvalue weighted by Gasteiger charge is 2.12. The minimum atomic E-state index is -3.48. The molecule has 0 saturated carbocycles. The second-order valence-electron chi connectivity index (χ2n) is 4.98. The summed E-state index contributed by atoms with van der Waals surface area (Å²) < 4.78 is 35.4. The highest BCUT2D eigenvalue weighted by molar-refractivity contribution is 7.92. The topological polar surface area (TPSA) is 93.7 Å². The fraction of sp³-hybridized carbons (Fsp3) is 0.188. The van der Waals surface area contributed by atoms with Gasteiger partial charge >= 0.3 is 0 Å². The molecule has 1 amide bonds. The first kappa shape index (κ1) is 17.6. The predicted molar refractivity (Wildman–Crippen MR) is 92.4 cm³/mol. The fourth-order valence-corrected chi connectivity index (χ4v) is 2.59. The second-order valence-corrected chi connectivity index (χ2v) is 6.72. The number of carbonyl (C=O) groups excluding carboxylic acids is 1. The normalized spacial score (nSPS) is 10.8. The molecule has 0 unspecified atom stereocenters. The molecule has 0 aliphatic rings. The van der Waals surface area contributed by atoms with Crippen molar-refractivity contribution in [1.29, 1.82) is 0 Å². The van der Waals surface area contributed by atoms with E-state index >= 15 is 0 Å². The summed E-state index contributed by atoms with van der Waals surface area (Å²) in [5.74, 6) is 0.570. The van der Waals surface area contributed by atoms with Crippen LogP contribution in [0, 0.1) is 0 Å². The molecular formula is C16H18N2O5S. The molecule has 0 radical (unpaired) electrons. The molecule has 0 heterocycles. The number of benzene rings is 2. The maximum Gasteiger partial charge on any atom is 0.255 e. The standard InChI is InChI=1S/C16H18N2O5S/c1-22-13-6-4-5-11(9-13)16(19)17-12-7-8-15(23-2)14(10-12)18-24(3,20)21/h4-10,18H,1-3H3,(H,17,19). The third-order valence-electron chi connectivity index (χ3n) is 3.08. The van der Waals surface area contributed by atoms with Crippen LogP contribution in [-0.4, -0.2) is 34.8 Å². The largest absolute Gasteiger partial charge is 0.497 e. The number of nitrogens with one attached hydrogen (secondary N) is 2. The summed E-state index contributed by atoms with van der Waals surface area (Å²) >= 11 is 0. The molecule has 0 aromatic heterocycles. The minimum absolute atomic E-state index is 0.239.